The van der Waals surface area contributed by atoms with E-state index < -0.39 is 5.97 Å². The predicted octanol–water partition coefficient (Wildman–Crippen LogP) is 1.32. The van der Waals surface area contributed by atoms with E-state index in [9.17, 15) is 9.59 Å². The van der Waals surface area contributed by atoms with Gasteiger partial charge in [0.2, 0.25) is 5.91 Å². The van der Waals surface area contributed by atoms with E-state index in [-0.39, 0.29) is 12.5 Å². The molecule has 0 spiro atoms. The lowest BCUT2D eigenvalue weighted by Crippen LogP contribution is -2.19. The lowest BCUT2D eigenvalue weighted by atomic mass is 10.1. The van der Waals surface area contributed by atoms with Crippen LogP contribution in [0.4, 0.5) is 5.69 Å². The fourth-order valence-corrected chi connectivity index (χ4v) is 1.81. The maximum absolute atomic E-state index is 11.9. The van der Waals surface area contributed by atoms with Crippen molar-refractivity contribution in [2.45, 2.75) is 13.5 Å². The van der Waals surface area contributed by atoms with Gasteiger partial charge in [0, 0.05) is 18.0 Å². The molecule has 1 aromatic heterocycles. The van der Waals surface area contributed by atoms with Crippen molar-refractivity contribution in [3.8, 4) is 0 Å². The van der Waals surface area contributed by atoms with E-state index in [1.54, 1.807) is 18.3 Å². The maximum Gasteiger partial charge on any atom is 0.328 e. The first kappa shape index (κ1) is 14.4. The van der Waals surface area contributed by atoms with Crippen LogP contribution in [0.2, 0.25) is 0 Å². The number of benzene rings is 1. The Hall–Kier alpha value is -2.96. The summed E-state index contributed by atoms with van der Waals surface area (Å²) in [5.41, 5.74) is 2.22. The smallest absolute Gasteiger partial charge is 0.328 e. The van der Waals surface area contributed by atoms with Crippen molar-refractivity contribution in [2.75, 3.05) is 5.32 Å². The van der Waals surface area contributed by atoms with E-state index >= 15 is 0 Å². The van der Waals surface area contributed by atoms with Crippen LogP contribution in [0.5, 0.6) is 0 Å². The minimum Gasteiger partial charge on any atom is -0.478 e. The third kappa shape index (κ3) is 4.57. The SMILES string of the molecule is Cc1cc(/C=C/C(=O)O)cc(NC(=O)Cn2ccnn2)c1. The Labute approximate surface area is 120 Å². The van der Waals surface area contributed by atoms with Crippen molar-refractivity contribution in [1.29, 1.82) is 0 Å². The van der Waals surface area contributed by atoms with Crippen LogP contribution in [0.25, 0.3) is 6.08 Å². The van der Waals surface area contributed by atoms with Crippen molar-refractivity contribution in [2.24, 2.45) is 0 Å². The zero-order valence-electron chi connectivity index (χ0n) is 11.4. The number of amides is 1. The number of carboxylic acid groups (broad SMARTS) is 1. The van der Waals surface area contributed by atoms with Crippen LogP contribution in [0, 0.1) is 6.92 Å². The molecule has 0 saturated heterocycles. The van der Waals surface area contributed by atoms with Crippen molar-refractivity contribution in [1.82, 2.24) is 15.0 Å². The Bertz CT molecular complexity index is 678. The Balaban J connectivity index is 2.09. The number of hydrogen-bond donors (Lipinski definition) is 2. The van der Waals surface area contributed by atoms with Crippen molar-refractivity contribution in [3.05, 3.63) is 47.8 Å². The highest BCUT2D eigenvalue weighted by molar-refractivity contribution is 5.91. The maximum atomic E-state index is 11.9. The average Bonchev–Trinajstić information content (AvgIpc) is 2.88. The highest BCUT2D eigenvalue weighted by Gasteiger charge is 2.05. The normalized spacial score (nSPS) is 10.7. The van der Waals surface area contributed by atoms with Crippen molar-refractivity contribution in [3.63, 3.8) is 0 Å². The second-order valence-corrected chi connectivity index (χ2v) is 4.45. The van der Waals surface area contributed by atoms with E-state index in [1.807, 2.05) is 13.0 Å². The Kier molecular flexibility index (Phi) is 4.45. The molecule has 2 aromatic rings. The van der Waals surface area contributed by atoms with Crippen LogP contribution in [-0.4, -0.2) is 32.0 Å². The summed E-state index contributed by atoms with van der Waals surface area (Å²) in [6.45, 7) is 1.93. The molecular weight excluding hydrogens is 272 g/mol. The van der Waals surface area contributed by atoms with Gasteiger partial charge in [-0.25, -0.2) is 9.48 Å². The number of nitrogens with one attached hydrogen (secondary N) is 1. The van der Waals surface area contributed by atoms with Gasteiger partial charge in [0.25, 0.3) is 0 Å². The number of carbonyl (C=O) groups excluding carboxylic acids is 1. The van der Waals surface area contributed by atoms with Crippen LogP contribution in [0.3, 0.4) is 0 Å². The number of nitrogens with zero attached hydrogens (tertiary/aromatic N) is 3. The highest BCUT2D eigenvalue weighted by Crippen LogP contribution is 2.16. The van der Waals surface area contributed by atoms with Gasteiger partial charge in [-0.15, -0.1) is 5.10 Å². The number of aromatic nitrogens is 3. The summed E-state index contributed by atoms with van der Waals surface area (Å²) in [6.07, 6.45) is 5.61. The molecule has 1 heterocycles. The molecule has 0 atom stereocenters. The summed E-state index contributed by atoms with van der Waals surface area (Å²) in [5.74, 6) is -1.26. The van der Waals surface area contributed by atoms with Gasteiger partial charge >= 0.3 is 5.97 Å². The first-order valence-electron chi connectivity index (χ1n) is 6.19. The quantitative estimate of drug-likeness (QED) is 0.808. The molecule has 0 radical (unpaired) electrons. The second-order valence-electron chi connectivity index (χ2n) is 4.45. The van der Waals surface area contributed by atoms with E-state index in [4.69, 9.17) is 5.11 Å². The van der Waals surface area contributed by atoms with Crippen molar-refractivity contribution >= 4 is 23.6 Å². The topological polar surface area (TPSA) is 97.1 Å². The number of rotatable bonds is 5. The molecule has 0 bridgehead atoms. The van der Waals surface area contributed by atoms with Gasteiger partial charge in [-0.2, -0.15) is 0 Å². The fraction of sp³-hybridized carbons (Fsp3) is 0.143. The molecule has 0 aliphatic rings. The van der Waals surface area contributed by atoms with E-state index in [0.717, 1.165) is 11.6 Å². The minimum atomic E-state index is -1.02. The standard InChI is InChI=1S/C14H14N4O3/c1-10-6-11(2-3-14(20)21)8-12(7-10)16-13(19)9-18-5-4-15-17-18/h2-8H,9H2,1H3,(H,16,19)(H,20,21)/b3-2+. The van der Waals surface area contributed by atoms with Crippen LogP contribution in [-0.2, 0) is 16.1 Å². The average molecular weight is 286 g/mol. The van der Waals surface area contributed by atoms with Gasteiger partial charge in [0.15, 0.2) is 0 Å². The molecule has 108 valence electrons. The molecule has 0 saturated carbocycles. The number of anilines is 1. The molecule has 1 amide bonds. The summed E-state index contributed by atoms with van der Waals surface area (Å²) in [5, 5.41) is 18.7. The molecule has 0 aliphatic carbocycles. The lowest BCUT2D eigenvalue weighted by Gasteiger charge is -2.07. The molecule has 0 unspecified atom stereocenters. The van der Waals surface area contributed by atoms with Crippen LogP contribution in [0.1, 0.15) is 11.1 Å². The van der Waals surface area contributed by atoms with Gasteiger partial charge in [-0.3, -0.25) is 4.79 Å². The fourth-order valence-electron chi connectivity index (χ4n) is 1.81. The first-order chi connectivity index (χ1) is 10.0. The first-order valence-corrected chi connectivity index (χ1v) is 6.19. The van der Waals surface area contributed by atoms with E-state index in [0.29, 0.717) is 11.3 Å². The van der Waals surface area contributed by atoms with Gasteiger partial charge in [-0.05, 0) is 36.3 Å². The Morgan fingerprint density at radius 3 is 2.86 bits per heavy atom. The molecule has 21 heavy (non-hydrogen) atoms. The van der Waals surface area contributed by atoms with Crippen molar-refractivity contribution < 1.29 is 14.7 Å². The molecule has 7 heteroatoms. The summed E-state index contributed by atoms with van der Waals surface area (Å²) >= 11 is 0. The molecule has 0 aliphatic heterocycles. The summed E-state index contributed by atoms with van der Waals surface area (Å²) in [6, 6.07) is 5.33. The van der Waals surface area contributed by atoms with Gasteiger partial charge in [-0.1, -0.05) is 11.3 Å². The van der Waals surface area contributed by atoms with Gasteiger partial charge in [0.05, 0.1) is 6.20 Å². The summed E-state index contributed by atoms with van der Waals surface area (Å²) in [4.78, 5) is 22.4. The third-order valence-corrected chi connectivity index (χ3v) is 2.58. The summed E-state index contributed by atoms with van der Waals surface area (Å²) < 4.78 is 1.41. The highest BCUT2D eigenvalue weighted by atomic mass is 16.4. The zero-order valence-corrected chi connectivity index (χ0v) is 11.4. The number of carbonyl (C=O) groups is 2. The summed E-state index contributed by atoms with van der Waals surface area (Å²) in [7, 11) is 0. The zero-order chi connectivity index (χ0) is 15.2. The number of carboxylic acids is 1. The third-order valence-electron chi connectivity index (χ3n) is 2.58. The number of aryl methyl sites for hydroxylation is 1. The predicted molar refractivity (Wildman–Crippen MR) is 76.5 cm³/mol. The largest absolute Gasteiger partial charge is 0.478 e. The minimum absolute atomic E-state index is 0.0637. The van der Waals surface area contributed by atoms with Gasteiger partial charge < -0.3 is 10.4 Å². The molecule has 2 N–H and O–H groups in total. The lowest BCUT2D eigenvalue weighted by molar-refractivity contribution is -0.131. The van der Waals surface area contributed by atoms with Crippen LogP contribution >= 0.6 is 0 Å². The second kappa shape index (κ2) is 6.47. The van der Waals surface area contributed by atoms with Crippen LogP contribution in [0.15, 0.2) is 36.7 Å². The van der Waals surface area contributed by atoms with E-state index in [1.165, 1.54) is 17.0 Å². The number of hydrogen-bond acceptors (Lipinski definition) is 4. The molecule has 1 aromatic carbocycles. The Morgan fingerprint density at radius 1 is 1.38 bits per heavy atom. The number of aliphatic carboxylic acids is 1. The molecule has 2 rings (SSSR count). The molecule has 0 fully saturated rings. The van der Waals surface area contributed by atoms with Crippen LogP contribution < -0.4 is 5.32 Å². The monoisotopic (exact) mass is 286 g/mol. The Morgan fingerprint density at radius 2 is 2.19 bits per heavy atom. The molecule has 7 nitrogen and oxygen atoms in total. The van der Waals surface area contributed by atoms with Gasteiger partial charge in [0.1, 0.15) is 6.54 Å². The molecular formula is C14H14N4O3. The van der Waals surface area contributed by atoms with E-state index in [2.05, 4.69) is 15.6 Å².